The van der Waals surface area contributed by atoms with Crippen LogP contribution in [0.3, 0.4) is 0 Å². The van der Waals surface area contributed by atoms with Crippen molar-refractivity contribution < 1.29 is 25.8 Å². The van der Waals surface area contributed by atoms with Crippen LogP contribution in [0.1, 0.15) is 43.4 Å². The fraction of sp³-hybridized carbons (Fsp3) is 0.733. The smallest absolute Gasteiger partial charge is 0.355 e. The summed E-state index contributed by atoms with van der Waals surface area (Å²) in [6.07, 6.45) is 7.81. The molecule has 1 saturated carbocycles. The monoisotopic (exact) mass is 411 g/mol. The normalized spacial score (nSPS) is 20.0. The minimum absolute atomic E-state index is 0.196. The molecule has 1 aromatic rings. The second-order valence-corrected chi connectivity index (χ2v) is 8.75. The van der Waals surface area contributed by atoms with Crippen molar-refractivity contribution in [2.24, 2.45) is 0 Å². The van der Waals surface area contributed by atoms with Crippen molar-refractivity contribution in [2.45, 2.75) is 61.8 Å². The van der Waals surface area contributed by atoms with Gasteiger partial charge in [0.15, 0.2) is 5.16 Å². The summed E-state index contributed by atoms with van der Waals surface area (Å²) < 4.78 is 65.1. The van der Waals surface area contributed by atoms with E-state index in [0.29, 0.717) is 36.8 Å². The number of thioether (sulfide) groups is 1. The number of hydrogen-bond donors (Lipinski definition) is 0. The van der Waals surface area contributed by atoms with Gasteiger partial charge in [-0.25, -0.2) is 4.98 Å². The molecule has 0 N–H and O–H groups in total. The number of nitrogens with zero attached hydrogens (tertiary/aromatic N) is 3. The zero-order valence-corrected chi connectivity index (χ0v) is 15.9. The van der Waals surface area contributed by atoms with E-state index in [1.54, 1.807) is 6.26 Å². The molecule has 1 aliphatic carbocycles. The highest BCUT2D eigenvalue weighted by Gasteiger charge is 2.49. The topological polar surface area (TPSA) is 72.4 Å². The number of alkyl halides is 3. The SMILES string of the molecule is CSc1nc2c(c(OS(=O)(=O)C(F)(F)F)n1)CCN(C1CCCCC1)C2. The van der Waals surface area contributed by atoms with Gasteiger partial charge >= 0.3 is 15.6 Å². The largest absolute Gasteiger partial charge is 0.534 e. The molecule has 1 aliphatic heterocycles. The lowest BCUT2D eigenvalue weighted by atomic mass is 9.92. The third-order valence-electron chi connectivity index (χ3n) is 4.78. The summed E-state index contributed by atoms with van der Waals surface area (Å²) in [6.45, 7) is 1.10. The zero-order valence-electron chi connectivity index (χ0n) is 14.3. The Kier molecular flexibility index (Phi) is 5.69. The first-order valence-corrected chi connectivity index (χ1v) is 11.0. The Morgan fingerprint density at radius 3 is 2.50 bits per heavy atom. The minimum Gasteiger partial charge on any atom is -0.355 e. The molecule has 2 heterocycles. The van der Waals surface area contributed by atoms with Crippen LogP contribution in [0.4, 0.5) is 13.2 Å². The van der Waals surface area contributed by atoms with Gasteiger partial charge in [0.05, 0.1) is 5.69 Å². The van der Waals surface area contributed by atoms with Gasteiger partial charge in [-0.1, -0.05) is 31.0 Å². The summed E-state index contributed by atoms with van der Waals surface area (Å²) in [5, 5.41) is 0.196. The number of halogens is 3. The highest BCUT2D eigenvalue weighted by molar-refractivity contribution is 7.98. The third-order valence-corrected chi connectivity index (χ3v) is 6.27. The van der Waals surface area contributed by atoms with Crippen LogP contribution in [0.15, 0.2) is 5.16 Å². The van der Waals surface area contributed by atoms with E-state index >= 15 is 0 Å². The van der Waals surface area contributed by atoms with Crippen molar-refractivity contribution >= 4 is 21.9 Å². The summed E-state index contributed by atoms with van der Waals surface area (Å²) in [7, 11) is -5.76. The van der Waals surface area contributed by atoms with Crippen LogP contribution in [0.2, 0.25) is 0 Å². The van der Waals surface area contributed by atoms with Gasteiger partial charge in [-0.15, -0.1) is 0 Å². The van der Waals surface area contributed by atoms with Crippen LogP contribution in [-0.4, -0.2) is 47.6 Å². The Hall–Kier alpha value is -1.07. The minimum atomic E-state index is -5.76. The molecule has 0 amide bonds. The summed E-state index contributed by atoms with van der Waals surface area (Å²) >= 11 is 1.13. The van der Waals surface area contributed by atoms with Crippen LogP contribution in [0, 0.1) is 0 Å². The Balaban J connectivity index is 1.89. The van der Waals surface area contributed by atoms with Crippen LogP contribution in [0.25, 0.3) is 0 Å². The van der Waals surface area contributed by atoms with E-state index < -0.39 is 21.5 Å². The molecule has 2 aliphatic rings. The van der Waals surface area contributed by atoms with E-state index in [1.165, 1.54) is 19.3 Å². The fourth-order valence-corrected chi connectivity index (χ4v) is 4.28. The summed E-state index contributed by atoms with van der Waals surface area (Å²) in [5.74, 6) is -0.500. The lowest BCUT2D eigenvalue weighted by molar-refractivity contribution is -0.0502. The third kappa shape index (κ3) is 4.09. The molecule has 6 nitrogen and oxygen atoms in total. The molecule has 3 rings (SSSR count). The van der Waals surface area contributed by atoms with Crippen LogP contribution >= 0.6 is 11.8 Å². The Bertz CT molecular complexity index is 765. The van der Waals surface area contributed by atoms with Crippen molar-refractivity contribution in [3.63, 3.8) is 0 Å². The summed E-state index contributed by atoms with van der Waals surface area (Å²) in [4.78, 5) is 10.5. The molecule has 1 fully saturated rings. The highest BCUT2D eigenvalue weighted by atomic mass is 32.2. The lowest BCUT2D eigenvalue weighted by Crippen LogP contribution is -2.41. The predicted molar refractivity (Wildman–Crippen MR) is 90.4 cm³/mol. The molecule has 0 radical (unpaired) electrons. The van der Waals surface area contributed by atoms with Crippen LogP contribution in [0.5, 0.6) is 5.88 Å². The molecule has 1 aromatic heterocycles. The molecule has 0 aromatic carbocycles. The van der Waals surface area contributed by atoms with Crippen LogP contribution in [-0.2, 0) is 23.1 Å². The van der Waals surface area contributed by atoms with Gasteiger partial charge in [0.1, 0.15) is 0 Å². The standard InChI is InChI=1S/C15H20F3N3O3S2/c1-25-14-19-12-9-21(10-5-3-2-4-6-10)8-7-11(12)13(20-14)24-26(22,23)15(16,17)18/h10H,2-9H2,1H3. The number of hydrogen-bond acceptors (Lipinski definition) is 7. The lowest BCUT2D eigenvalue weighted by Gasteiger charge is -2.37. The maximum Gasteiger partial charge on any atom is 0.534 e. The van der Waals surface area contributed by atoms with Gasteiger partial charge in [-0.2, -0.15) is 26.6 Å². The Morgan fingerprint density at radius 2 is 1.88 bits per heavy atom. The first-order chi connectivity index (χ1) is 12.2. The van der Waals surface area contributed by atoms with E-state index in [1.807, 2.05) is 0 Å². The van der Waals surface area contributed by atoms with Crippen molar-refractivity contribution in [1.82, 2.24) is 14.9 Å². The molecule has 0 atom stereocenters. The van der Waals surface area contributed by atoms with Crippen molar-refractivity contribution in [1.29, 1.82) is 0 Å². The van der Waals surface area contributed by atoms with E-state index in [9.17, 15) is 21.6 Å². The first kappa shape index (κ1) is 19.7. The second kappa shape index (κ2) is 7.51. The molecular formula is C15H20F3N3O3S2. The maximum atomic E-state index is 12.7. The number of rotatable bonds is 4. The molecule has 146 valence electrons. The van der Waals surface area contributed by atoms with Gasteiger partial charge < -0.3 is 4.18 Å². The molecule has 0 saturated heterocycles. The molecular weight excluding hydrogens is 391 g/mol. The van der Waals surface area contributed by atoms with E-state index in [2.05, 4.69) is 19.1 Å². The van der Waals surface area contributed by atoms with Gasteiger partial charge in [0, 0.05) is 24.7 Å². The molecule has 26 heavy (non-hydrogen) atoms. The van der Waals surface area contributed by atoms with Gasteiger partial charge in [-0.05, 0) is 25.5 Å². The fourth-order valence-electron chi connectivity index (χ4n) is 3.46. The van der Waals surface area contributed by atoms with Crippen molar-refractivity contribution in [3.05, 3.63) is 11.3 Å². The van der Waals surface area contributed by atoms with Crippen molar-refractivity contribution in [3.8, 4) is 5.88 Å². The van der Waals surface area contributed by atoms with E-state index in [4.69, 9.17) is 0 Å². The molecule has 0 spiro atoms. The highest BCUT2D eigenvalue weighted by Crippen LogP contribution is 2.34. The number of aromatic nitrogens is 2. The van der Waals surface area contributed by atoms with E-state index in [-0.39, 0.29) is 5.16 Å². The average Bonchev–Trinajstić information content (AvgIpc) is 2.60. The zero-order chi connectivity index (χ0) is 18.9. The molecule has 11 heteroatoms. The van der Waals surface area contributed by atoms with Crippen molar-refractivity contribution in [2.75, 3.05) is 12.8 Å². The van der Waals surface area contributed by atoms with Crippen LogP contribution < -0.4 is 4.18 Å². The van der Waals surface area contributed by atoms with Gasteiger partial charge in [0.25, 0.3) is 0 Å². The maximum absolute atomic E-state index is 12.7. The number of fused-ring (bicyclic) bond motifs is 1. The Labute approximate surface area is 154 Å². The quantitative estimate of drug-likeness (QED) is 0.326. The molecule has 0 unspecified atom stereocenters. The van der Waals surface area contributed by atoms with Gasteiger partial charge in [-0.3, -0.25) is 4.90 Å². The van der Waals surface area contributed by atoms with Gasteiger partial charge in [0.2, 0.25) is 5.88 Å². The average molecular weight is 411 g/mol. The Morgan fingerprint density at radius 1 is 1.19 bits per heavy atom. The second-order valence-electron chi connectivity index (χ2n) is 6.44. The summed E-state index contributed by atoms with van der Waals surface area (Å²) in [5.41, 5.74) is -4.59. The summed E-state index contributed by atoms with van der Waals surface area (Å²) in [6, 6.07) is 0.438. The van der Waals surface area contributed by atoms with E-state index in [0.717, 1.165) is 24.6 Å². The molecule has 0 bridgehead atoms. The predicted octanol–water partition coefficient (Wildman–Crippen LogP) is 3.12. The first-order valence-electron chi connectivity index (χ1n) is 8.40.